The summed E-state index contributed by atoms with van der Waals surface area (Å²) in [5.41, 5.74) is 3.12. The summed E-state index contributed by atoms with van der Waals surface area (Å²) < 4.78 is 0. The van der Waals surface area contributed by atoms with Gasteiger partial charge in [0.05, 0.1) is 12.3 Å². The Hall–Kier alpha value is -3.68. The van der Waals surface area contributed by atoms with Crippen LogP contribution in [0.15, 0.2) is 59.8 Å². The maximum Gasteiger partial charge on any atom is 0.303 e. The SMILES string of the molecule is CO/N=C1/C[C@@H](C(=O)NCCCC(=O)O)N(C(=O)c2ccc(-c3ccccc3)cc2)C1. The molecular weight excluding hydrogens is 398 g/mol. The summed E-state index contributed by atoms with van der Waals surface area (Å²) in [7, 11) is 1.42. The van der Waals surface area contributed by atoms with Gasteiger partial charge in [-0.2, -0.15) is 0 Å². The average Bonchev–Trinajstić information content (AvgIpc) is 3.21. The molecule has 0 bridgehead atoms. The van der Waals surface area contributed by atoms with Crippen LogP contribution in [0.2, 0.25) is 0 Å². The Morgan fingerprint density at radius 1 is 1.10 bits per heavy atom. The minimum absolute atomic E-state index is 0.0300. The summed E-state index contributed by atoms with van der Waals surface area (Å²) in [6.07, 6.45) is 0.561. The van der Waals surface area contributed by atoms with Crippen molar-refractivity contribution in [1.82, 2.24) is 10.2 Å². The largest absolute Gasteiger partial charge is 0.481 e. The van der Waals surface area contributed by atoms with Gasteiger partial charge in [-0.1, -0.05) is 47.6 Å². The number of nitrogens with zero attached hydrogens (tertiary/aromatic N) is 2. The highest BCUT2D eigenvalue weighted by Gasteiger charge is 2.38. The Morgan fingerprint density at radius 3 is 2.42 bits per heavy atom. The number of carboxylic acids is 1. The van der Waals surface area contributed by atoms with Gasteiger partial charge in [0.1, 0.15) is 13.2 Å². The quantitative estimate of drug-likeness (QED) is 0.501. The van der Waals surface area contributed by atoms with Gasteiger partial charge in [0, 0.05) is 24.9 Å². The third-order valence-corrected chi connectivity index (χ3v) is 5.05. The molecule has 0 spiro atoms. The van der Waals surface area contributed by atoms with Crippen LogP contribution >= 0.6 is 0 Å². The van der Waals surface area contributed by atoms with E-state index in [-0.39, 0.29) is 37.7 Å². The molecule has 0 unspecified atom stereocenters. The molecule has 8 nitrogen and oxygen atoms in total. The Kier molecular flexibility index (Phi) is 7.37. The van der Waals surface area contributed by atoms with Crippen LogP contribution in [0, 0.1) is 0 Å². The van der Waals surface area contributed by atoms with Gasteiger partial charge >= 0.3 is 5.97 Å². The summed E-state index contributed by atoms with van der Waals surface area (Å²) in [5.74, 6) is -1.52. The van der Waals surface area contributed by atoms with Crippen LogP contribution in [0.3, 0.4) is 0 Å². The molecular formula is C23H25N3O5. The Morgan fingerprint density at radius 2 is 1.77 bits per heavy atom. The maximum atomic E-state index is 13.2. The highest BCUT2D eigenvalue weighted by Crippen LogP contribution is 2.23. The number of carbonyl (C=O) groups excluding carboxylic acids is 2. The summed E-state index contributed by atoms with van der Waals surface area (Å²) in [5, 5.41) is 15.4. The number of carbonyl (C=O) groups is 3. The van der Waals surface area contributed by atoms with Crippen molar-refractivity contribution in [3.8, 4) is 11.1 Å². The molecule has 2 N–H and O–H groups in total. The van der Waals surface area contributed by atoms with Crippen molar-refractivity contribution in [1.29, 1.82) is 0 Å². The lowest BCUT2D eigenvalue weighted by Gasteiger charge is -2.23. The van der Waals surface area contributed by atoms with Gasteiger partial charge in [0.15, 0.2) is 0 Å². The number of hydrogen-bond acceptors (Lipinski definition) is 5. The van der Waals surface area contributed by atoms with Crippen LogP contribution in [0.25, 0.3) is 11.1 Å². The number of benzene rings is 2. The molecule has 0 aromatic heterocycles. The lowest BCUT2D eigenvalue weighted by Crippen LogP contribution is -2.46. The Labute approximate surface area is 180 Å². The molecule has 0 radical (unpaired) electrons. The fraction of sp³-hybridized carbons (Fsp3) is 0.304. The first-order chi connectivity index (χ1) is 15.0. The molecule has 1 saturated heterocycles. The van der Waals surface area contributed by atoms with E-state index in [0.717, 1.165) is 11.1 Å². The van der Waals surface area contributed by atoms with Gasteiger partial charge in [0.25, 0.3) is 5.91 Å². The van der Waals surface area contributed by atoms with Gasteiger partial charge in [0.2, 0.25) is 5.91 Å². The fourth-order valence-corrected chi connectivity index (χ4v) is 3.52. The first-order valence-electron chi connectivity index (χ1n) is 10.0. The van der Waals surface area contributed by atoms with Crippen molar-refractivity contribution in [2.24, 2.45) is 5.16 Å². The van der Waals surface area contributed by atoms with Crippen molar-refractivity contribution in [3.63, 3.8) is 0 Å². The van der Waals surface area contributed by atoms with E-state index in [9.17, 15) is 14.4 Å². The van der Waals surface area contributed by atoms with Crippen molar-refractivity contribution in [3.05, 3.63) is 60.2 Å². The van der Waals surface area contributed by atoms with E-state index in [1.165, 1.54) is 12.0 Å². The first kappa shape index (κ1) is 22.0. The summed E-state index contributed by atoms with van der Waals surface area (Å²) in [6, 6.07) is 16.4. The molecule has 2 amide bonds. The number of nitrogens with one attached hydrogen (secondary N) is 1. The van der Waals surface area contributed by atoms with Gasteiger partial charge < -0.3 is 20.2 Å². The molecule has 0 saturated carbocycles. The van der Waals surface area contributed by atoms with E-state index in [4.69, 9.17) is 9.94 Å². The lowest BCUT2D eigenvalue weighted by atomic mass is 10.0. The predicted octanol–water partition coefficient (Wildman–Crippen LogP) is 2.55. The fourth-order valence-electron chi connectivity index (χ4n) is 3.52. The second-order valence-corrected chi connectivity index (χ2v) is 7.22. The van der Waals surface area contributed by atoms with Crippen LogP contribution in [-0.2, 0) is 14.4 Å². The van der Waals surface area contributed by atoms with Gasteiger partial charge in [-0.25, -0.2) is 0 Å². The molecule has 2 aromatic carbocycles. The standard InChI is InChI=1S/C23H25N3O5/c1-31-25-19-14-20(22(29)24-13-5-8-21(27)28)26(15-19)23(30)18-11-9-17(10-12-18)16-6-3-2-4-7-16/h2-4,6-7,9-12,20H,5,8,13-15H2,1H3,(H,24,29)(H,27,28)/b25-19-/t20-/m0/s1. The van der Waals surface area contributed by atoms with E-state index < -0.39 is 12.0 Å². The minimum Gasteiger partial charge on any atom is -0.481 e. The molecule has 1 heterocycles. The van der Waals surface area contributed by atoms with Crippen molar-refractivity contribution < 1.29 is 24.3 Å². The summed E-state index contributed by atoms with van der Waals surface area (Å²) in [6.45, 7) is 0.423. The smallest absolute Gasteiger partial charge is 0.303 e. The molecule has 31 heavy (non-hydrogen) atoms. The normalized spacial score (nSPS) is 16.9. The number of hydrogen-bond donors (Lipinski definition) is 2. The molecule has 2 aromatic rings. The van der Waals surface area contributed by atoms with Crippen LogP contribution in [0.5, 0.6) is 0 Å². The predicted molar refractivity (Wildman–Crippen MR) is 116 cm³/mol. The minimum atomic E-state index is -0.916. The molecule has 162 valence electrons. The third kappa shape index (κ3) is 5.69. The zero-order valence-electron chi connectivity index (χ0n) is 17.3. The number of aliphatic carboxylic acids is 1. The first-order valence-corrected chi connectivity index (χ1v) is 10.0. The van der Waals surface area contributed by atoms with E-state index >= 15 is 0 Å². The molecule has 1 aliphatic rings. The van der Waals surface area contributed by atoms with Crippen LogP contribution < -0.4 is 5.32 Å². The number of carboxylic acid groups (broad SMARTS) is 1. The lowest BCUT2D eigenvalue weighted by molar-refractivity contribution is -0.137. The Balaban J connectivity index is 1.72. The van der Waals surface area contributed by atoms with E-state index in [2.05, 4.69) is 10.5 Å². The monoisotopic (exact) mass is 423 g/mol. The second-order valence-electron chi connectivity index (χ2n) is 7.22. The Bertz CT molecular complexity index is 957. The molecule has 1 aliphatic heterocycles. The van der Waals surface area contributed by atoms with Gasteiger partial charge in [-0.15, -0.1) is 0 Å². The number of rotatable bonds is 8. The highest BCUT2D eigenvalue weighted by atomic mass is 16.6. The molecule has 1 atom stereocenters. The van der Waals surface area contributed by atoms with Crippen LogP contribution in [-0.4, -0.2) is 59.7 Å². The second kappa shape index (κ2) is 10.4. The van der Waals surface area contributed by atoms with E-state index in [1.807, 2.05) is 42.5 Å². The third-order valence-electron chi connectivity index (χ3n) is 5.05. The number of likely N-dealkylation sites (tertiary alicyclic amines) is 1. The van der Waals surface area contributed by atoms with Crippen molar-refractivity contribution >= 4 is 23.5 Å². The van der Waals surface area contributed by atoms with E-state index in [0.29, 0.717) is 17.7 Å². The highest BCUT2D eigenvalue weighted by molar-refractivity contribution is 6.05. The van der Waals surface area contributed by atoms with Crippen molar-refractivity contribution in [2.75, 3.05) is 20.2 Å². The topological polar surface area (TPSA) is 108 Å². The van der Waals surface area contributed by atoms with Gasteiger partial charge in [-0.05, 0) is 29.7 Å². The molecule has 3 rings (SSSR count). The molecule has 8 heteroatoms. The molecule has 0 aliphatic carbocycles. The van der Waals surface area contributed by atoms with Crippen LogP contribution in [0.4, 0.5) is 0 Å². The summed E-state index contributed by atoms with van der Waals surface area (Å²) in [4.78, 5) is 42.8. The number of amides is 2. The van der Waals surface area contributed by atoms with Gasteiger partial charge in [-0.3, -0.25) is 14.4 Å². The average molecular weight is 423 g/mol. The zero-order chi connectivity index (χ0) is 22.2. The number of oxime groups is 1. The maximum absolute atomic E-state index is 13.2. The molecule has 1 fully saturated rings. The van der Waals surface area contributed by atoms with E-state index in [1.54, 1.807) is 12.1 Å². The zero-order valence-corrected chi connectivity index (χ0v) is 17.3. The van der Waals surface area contributed by atoms with Crippen LogP contribution in [0.1, 0.15) is 29.6 Å². The van der Waals surface area contributed by atoms with Crippen molar-refractivity contribution in [2.45, 2.75) is 25.3 Å². The summed E-state index contributed by atoms with van der Waals surface area (Å²) >= 11 is 0.